The first-order valence-electron chi connectivity index (χ1n) is 12.5. The summed E-state index contributed by atoms with van der Waals surface area (Å²) in [6.45, 7) is 1.87. The van der Waals surface area contributed by atoms with E-state index in [1.165, 1.54) is 18.9 Å². The number of para-hydroxylation sites is 1. The SMILES string of the molecule is C#Cc1nn(-c2nc(OC)nc(-n3nc(CC)c(N)c3N)n2)c(N)c1N=N/C(=C(/C=N)C(=O)OC)N(C)c1ccccc1. The predicted molar refractivity (Wildman–Crippen MR) is 158 cm³/mol. The summed E-state index contributed by atoms with van der Waals surface area (Å²) in [5, 5.41) is 25.0. The molecule has 0 atom stereocenters. The predicted octanol–water partition coefficient (Wildman–Crippen LogP) is 1.80. The maximum Gasteiger partial charge on any atom is 0.343 e. The number of nitrogens with zero attached hydrogens (tertiary/aromatic N) is 10. The minimum absolute atomic E-state index is 0.0190. The van der Waals surface area contributed by atoms with Gasteiger partial charge in [0.25, 0.3) is 11.9 Å². The number of nitrogens with two attached hydrogens (primary N) is 3. The number of carbonyl (C=O) groups is 1. The fourth-order valence-corrected chi connectivity index (χ4v) is 3.79. The average Bonchev–Trinajstić information content (AvgIpc) is 3.52. The summed E-state index contributed by atoms with van der Waals surface area (Å²) in [4.78, 5) is 26.9. The standard InChI is InChI=1S/C26H28N14O3/c1-6-16-18(28)20(29)39(36-16)24-31-25(33-26(32-24)43-5)40-21(30)19(17(7-2)37-40)34-35-22(15(13-27)23(41)42-4)38(3)14-11-9-8-10-12-14/h2,8-13,27H,6,28-30H2,1,3-5H3/b22-15+,27-13?,35-34?. The number of hydrogen-bond donors (Lipinski definition) is 4. The zero-order chi connectivity index (χ0) is 31.3. The lowest BCUT2D eigenvalue weighted by molar-refractivity contribution is -0.135. The Hall–Kier alpha value is -6.31. The Kier molecular flexibility index (Phi) is 8.60. The highest BCUT2D eigenvalue weighted by atomic mass is 16.5. The van der Waals surface area contributed by atoms with Crippen LogP contribution in [0.15, 0.2) is 52.0 Å². The summed E-state index contributed by atoms with van der Waals surface area (Å²) in [6.07, 6.45) is 7.05. The van der Waals surface area contributed by atoms with Gasteiger partial charge in [-0.15, -0.1) is 16.7 Å². The first-order chi connectivity index (χ1) is 20.7. The summed E-state index contributed by atoms with van der Waals surface area (Å²) in [5.74, 6) is 1.48. The Morgan fingerprint density at radius 3 is 2.28 bits per heavy atom. The first kappa shape index (κ1) is 29.7. The van der Waals surface area contributed by atoms with Crippen molar-refractivity contribution in [2.75, 3.05) is 43.4 Å². The molecule has 0 fully saturated rings. The Morgan fingerprint density at radius 2 is 1.74 bits per heavy atom. The zero-order valence-corrected chi connectivity index (χ0v) is 23.7. The molecular formula is C26H28N14O3. The lowest BCUT2D eigenvalue weighted by atomic mass is 10.2. The monoisotopic (exact) mass is 584 g/mol. The van der Waals surface area contributed by atoms with E-state index >= 15 is 0 Å². The maximum absolute atomic E-state index is 12.5. The van der Waals surface area contributed by atoms with Crippen molar-refractivity contribution in [3.63, 3.8) is 0 Å². The molecule has 0 saturated heterocycles. The number of rotatable bonds is 10. The molecule has 0 amide bonds. The van der Waals surface area contributed by atoms with Crippen molar-refractivity contribution in [2.45, 2.75) is 13.3 Å². The van der Waals surface area contributed by atoms with Crippen LogP contribution in [0.5, 0.6) is 6.01 Å². The fraction of sp³-hybridized carbons (Fsp3) is 0.192. The van der Waals surface area contributed by atoms with Crippen molar-refractivity contribution in [3.8, 4) is 30.3 Å². The number of aryl methyl sites for hydroxylation is 1. The molecular weight excluding hydrogens is 556 g/mol. The molecule has 1 aromatic carbocycles. The van der Waals surface area contributed by atoms with Gasteiger partial charge in [0.1, 0.15) is 5.57 Å². The van der Waals surface area contributed by atoms with Gasteiger partial charge in [0, 0.05) is 18.9 Å². The number of aromatic nitrogens is 7. The van der Waals surface area contributed by atoms with Crippen LogP contribution in [0, 0.1) is 17.8 Å². The molecule has 0 aliphatic carbocycles. The number of anilines is 4. The molecule has 0 aliphatic heterocycles. The summed E-state index contributed by atoms with van der Waals surface area (Å²) >= 11 is 0. The fourth-order valence-electron chi connectivity index (χ4n) is 3.79. The van der Waals surface area contributed by atoms with Crippen molar-refractivity contribution in [2.24, 2.45) is 10.2 Å². The number of esters is 1. The average molecular weight is 585 g/mol. The Bertz CT molecular complexity index is 1780. The van der Waals surface area contributed by atoms with Crippen LogP contribution < -0.4 is 26.8 Å². The number of benzene rings is 1. The second kappa shape index (κ2) is 12.5. The maximum atomic E-state index is 12.5. The van der Waals surface area contributed by atoms with Crippen LogP contribution in [0.4, 0.5) is 28.7 Å². The van der Waals surface area contributed by atoms with Crippen molar-refractivity contribution in [3.05, 3.63) is 53.1 Å². The van der Waals surface area contributed by atoms with Gasteiger partial charge in [-0.3, -0.25) is 0 Å². The minimum atomic E-state index is -0.804. The van der Waals surface area contributed by atoms with Gasteiger partial charge < -0.3 is 37.0 Å². The number of nitrogens with one attached hydrogen (secondary N) is 1. The zero-order valence-electron chi connectivity index (χ0n) is 23.7. The number of terminal acetylenes is 1. The van der Waals surface area contributed by atoms with Gasteiger partial charge in [0.15, 0.2) is 28.8 Å². The molecule has 0 unspecified atom stereocenters. The van der Waals surface area contributed by atoms with Crippen LogP contribution in [-0.2, 0) is 16.0 Å². The Morgan fingerprint density at radius 1 is 1.09 bits per heavy atom. The van der Waals surface area contributed by atoms with E-state index in [0.717, 1.165) is 10.9 Å². The van der Waals surface area contributed by atoms with E-state index in [-0.39, 0.29) is 52.3 Å². The number of ether oxygens (including phenoxy) is 2. The van der Waals surface area contributed by atoms with Crippen LogP contribution in [0.2, 0.25) is 0 Å². The van der Waals surface area contributed by atoms with Crippen LogP contribution >= 0.6 is 0 Å². The lowest BCUT2D eigenvalue weighted by Gasteiger charge is -2.20. The van der Waals surface area contributed by atoms with E-state index in [1.807, 2.05) is 13.0 Å². The third kappa shape index (κ3) is 5.65. The quantitative estimate of drug-likeness (QED) is 0.0686. The second-order valence-electron chi connectivity index (χ2n) is 8.54. The third-order valence-corrected chi connectivity index (χ3v) is 6.05. The van der Waals surface area contributed by atoms with Crippen LogP contribution in [-0.4, -0.2) is 68.0 Å². The minimum Gasteiger partial charge on any atom is -0.467 e. The molecule has 0 saturated carbocycles. The molecule has 43 heavy (non-hydrogen) atoms. The number of hydrogen-bond acceptors (Lipinski definition) is 15. The van der Waals surface area contributed by atoms with Gasteiger partial charge in [0.05, 0.1) is 25.6 Å². The summed E-state index contributed by atoms with van der Waals surface area (Å²) in [6, 6.07) is 8.88. The Labute approximate surface area is 245 Å². The van der Waals surface area contributed by atoms with E-state index in [0.29, 0.717) is 23.5 Å². The van der Waals surface area contributed by atoms with Gasteiger partial charge in [-0.1, -0.05) is 25.1 Å². The van der Waals surface area contributed by atoms with E-state index in [2.05, 4.69) is 41.3 Å². The first-order valence-corrected chi connectivity index (χ1v) is 12.5. The summed E-state index contributed by atoms with van der Waals surface area (Å²) in [7, 11) is 4.19. The molecule has 7 N–H and O–H groups in total. The molecule has 4 aromatic rings. The molecule has 4 rings (SSSR count). The van der Waals surface area contributed by atoms with Crippen LogP contribution in [0.1, 0.15) is 18.3 Å². The molecule has 3 aromatic heterocycles. The van der Waals surface area contributed by atoms with Gasteiger partial charge in [-0.2, -0.15) is 34.5 Å². The number of carbonyl (C=O) groups excluding carboxylic acids is 1. The highest BCUT2D eigenvalue weighted by molar-refractivity contribution is 6.09. The van der Waals surface area contributed by atoms with Crippen molar-refractivity contribution >= 4 is 40.9 Å². The molecule has 220 valence electrons. The highest BCUT2D eigenvalue weighted by Crippen LogP contribution is 2.31. The number of methoxy groups -OCH3 is 2. The van der Waals surface area contributed by atoms with Crippen molar-refractivity contribution < 1.29 is 14.3 Å². The molecule has 0 radical (unpaired) electrons. The van der Waals surface area contributed by atoms with E-state index in [4.69, 9.17) is 38.5 Å². The molecule has 0 aliphatic rings. The van der Waals surface area contributed by atoms with Crippen LogP contribution in [0.25, 0.3) is 11.9 Å². The van der Waals surface area contributed by atoms with Gasteiger partial charge in [-0.05, 0) is 24.5 Å². The molecule has 17 heteroatoms. The van der Waals surface area contributed by atoms with Crippen molar-refractivity contribution in [1.82, 2.24) is 34.5 Å². The van der Waals surface area contributed by atoms with Crippen LogP contribution in [0.3, 0.4) is 0 Å². The summed E-state index contributed by atoms with van der Waals surface area (Å²) in [5.41, 5.74) is 19.9. The van der Waals surface area contributed by atoms with Gasteiger partial charge in [-0.25, -0.2) is 4.79 Å². The topological polar surface area (TPSA) is 240 Å². The third-order valence-electron chi connectivity index (χ3n) is 6.05. The smallest absolute Gasteiger partial charge is 0.343 e. The number of nitrogen functional groups attached to an aromatic ring is 3. The molecule has 0 bridgehead atoms. The van der Waals surface area contributed by atoms with E-state index in [9.17, 15) is 4.79 Å². The van der Waals surface area contributed by atoms with E-state index in [1.54, 1.807) is 36.2 Å². The second-order valence-corrected chi connectivity index (χ2v) is 8.54. The van der Waals surface area contributed by atoms with Gasteiger partial charge in [0.2, 0.25) is 0 Å². The molecule has 0 spiro atoms. The lowest BCUT2D eigenvalue weighted by Crippen LogP contribution is -2.21. The highest BCUT2D eigenvalue weighted by Gasteiger charge is 2.23. The summed E-state index contributed by atoms with van der Waals surface area (Å²) < 4.78 is 12.4. The molecule has 3 heterocycles. The molecule has 17 nitrogen and oxygen atoms in total. The Balaban J connectivity index is 1.86. The van der Waals surface area contributed by atoms with E-state index < -0.39 is 5.97 Å². The largest absolute Gasteiger partial charge is 0.467 e. The van der Waals surface area contributed by atoms with Gasteiger partial charge >= 0.3 is 12.0 Å². The number of azo groups is 1. The normalized spacial score (nSPS) is 11.6. The van der Waals surface area contributed by atoms with Crippen molar-refractivity contribution in [1.29, 1.82) is 5.41 Å².